The molecular weight excluding hydrogens is 510 g/mol. The first kappa shape index (κ1) is 20.9. The minimum Gasteiger partial charge on any atom is -0.507 e. The molecule has 29 heavy (non-hydrogen) atoms. The van der Waals surface area contributed by atoms with Gasteiger partial charge in [0, 0.05) is 0 Å². The van der Waals surface area contributed by atoms with Crippen LogP contribution in [0.4, 0.5) is 0 Å². The Morgan fingerprint density at radius 1 is 1.10 bits per heavy atom. The second-order valence-electron chi connectivity index (χ2n) is 6.00. The Morgan fingerprint density at radius 2 is 1.83 bits per heavy atom. The van der Waals surface area contributed by atoms with Crippen molar-refractivity contribution in [2.24, 2.45) is 0 Å². The number of aliphatic carboxylic acids is 1. The summed E-state index contributed by atoms with van der Waals surface area (Å²) in [6.45, 7) is 0.179. The lowest BCUT2D eigenvalue weighted by atomic mass is 10.1. The smallest absolute Gasteiger partial charge is 0.307 e. The standard InChI is InChI=1S/C20H15Br2NO6/c21-15-6-11(8-18(25)26)7-16(22)19(15)29-12-3-4-17(24)14(9-12)20(27)23-10-13-2-1-5-28-13/h1-7,9,24H,8,10H2,(H,23,27)(H,25,26). The van der Waals surface area contributed by atoms with Gasteiger partial charge in [0.05, 0.1) is 33.7 Å². The number of hydrogen-bond acceptors (Lipinski definition) is 5. The molecule has 0 fully saturated rings. The summed E-state index contributed by atoms with van der Waals surface area (Å²) in [4.78, 5) is 23.3. The van der Waals surface area contributed by atoms with Crippen LogP contribution in [-0.2, 0) is 17.8 Å². The van der Waals surface area contributed by atoms with Crippen LogP contribution in [0.5, 0.6) is 17.2 Å². The number of rotatable bonds is 7. The number of carbonyl (C=O) groups is 2. The average molecular weight is 525 g/mol. The van der Waals surface area contributed by atoms with Crippen molar-refractivity contribution >= 4 is 43.7 Å². The van der Waals surface area contributed by atoms with Gasteiger partial charge in [0.2, 0.25) is 0 Å². The fraction of sp³-hybridized carbons (Fsp3) is 0.100. The predicted molar refractivity (Wildman–Crippen MR) is 111 cm³/mol. The summed E-state index contributed by atoms with van der Waals surface area (Å²) < 4.78 is 12.1. The first-order valence-corrected chi connectivity index (χ1v) is 9.93. The SMILES string of the molecule is O=C(O)Cc1cc(Br)c(Oc2ccc(O)c(C(=O)NCc3ccco3)c2)c(Br)c1. The molecule has 3 N–H and O–H groups in total. The van der Waals surface area contributed by atoms with Gasteiger partial charge in [-0.3, -0.25) is 9.59 Å². The van der Waals surface area contributed by atoms with Gasteiger partial charge in [0.15, 0.2) is 5.75 Å². The number of benzene rings is 2. The second-order valence-corrected chi connectivity index (χ2v) is 7.71. The quantitative estimate of drug-likeness (QED) is 0.407. The number of phenols is 1. The van der Waals surface area contributed by atoms with Crippen LogP contribution in [0.2, 0.25) is 0 Å². The highest BCUT2D eigenvalue weighted by atomic mass is 79.9. The maximum absolute atomic E-state index is 12.4. The number of halogens is 2. The average Bonchev–Trinajstić information content (AvgIpc) is 3.17. The van der Waals surface area contributed by atoms with E-state index in [1.165, 1.54) is 24.5 Å². The van der Waals surface area contributed by atoms with Crippen LogP contribution >= 0.6 is 31.9 Å². The van der Waals surface area contributed by atoms with Crippen molar-refractivity contribution in [3.63, 3.8) is 0 Å². The van der Waals surface area contributed by atoms with Gasteiger partial charge >= 0.3 is 5.97 Å². The molecule has 3 rings (SSSR count). The molecule has 0 aliphatic heterocycles. The van der Waals surface area contributed by atoms with E-state index >= 15 is 0 Å². The number of hydrogen-bond donors (Lipinski definition) is 3. The van der Waals surface area contributed by atoms with Crippen molar-refractivity contribution in [1.82, 2.24) is 5.32 Å². The molecule has 0 bridgehead atoms. The molecule has 1 amide bonds. The van der Waals surface area contributed by atoms with Crippen LogP contribution in [-0.4, -0.2) is 22.1 Å². The summed E-state index contributed by atoms with van der Waals surface area (Å²) >= 11 is 6.73. The molecule has 0 saturated carbocycles. The monoisotopic (exact) mass is 523 g/mol. The second kappa shape index (κ2) is 9.15. The Balaban J connectivity index is 1.79. The largest absolute Gasteiger partial charge is 0.507 e. The van der Waals surface area contributed by atoms with Crippen LogP contribution in [0.25, 0.3) is 0 Å². The van der Waals surface area contributed by atoms with Gasteiger partial charge < -0.3 is 24.7 Å². The minimum absolute atomic E-state index is 0.0452. The summed E-state index contributed by atoms with van der Waals surface area (Å²) in [6, 6.07) is 11.0. The van der Waals surface area contributed by atoms with E-state index in [1.807, 2.05) is 0 Å². The highest BCUT2D eigenvalue weighted by Gasteiger charge is 2.16. The first-order chi connectivity index (χ1) is 13.8. The Hall–Kier alpha value is -2.78. The van der Waals surface area contributed by atoms with Crippen molar-refractivity contribution in [2.45, 2.75) is 13.0 Å². The van der Waals surface area contributed by atoms with Gasteiger partial charge in [-0.05, 0) is 79.9 Å². The van der Waals surface area contributed by atoms with Crippen molar-refractivity contribution < 1.29 is 29.0 Å². The maximum atomic E-state index is 12.4. The molecule has 0 spiro atoms. The van der Waals surface area contributed by atoms with Gasteiger partial charge in [0.1, 0.15) is 17.3 Å². The first-order valence-electron chi connectivity index (χ1n) is 8.34. The summed E-state index contributed by atoms with van der Waals surface area (Å²) in [5.41, 5.74) is 0.635. The zero-order chi connectivity index (χ0) is 21.0. The van der Waals surface area contributed by atoms with Gasteiger partial charge in [-0.2, -0.15) is 0 Å². The predicted octanol–water partition coefficient (Wildman–Crippen LogP) is 4.86. The van der Waals surface area contributed by atoms with Gasteiger partial charge in [-0.1, -0.05) is 0 Å². The molecule has 1 heterocycles. The Labute approximate surface area is 182 Å². The number of carboxylic acid groups (broad SMARTS) is 1. The number of furan rings is 1. The Morgan fingerprint density at radius 3 is 2.45 bits per heavy atom. The molecular formula is C20H15Br2NO6. The highest BCUT2D eigenvalue weighted by Crippen LogP contribution is 2.38. The normalized spacial score (nSPS) is 10.6. The molecule has 150 valence electrons. The topological polar surface area (TPSA) is 109 Å². The van der Waals surface area contributed by atoms with Crippen LogP contribution in [0.1, 0.15) is 21.7 Å². The Kier molecular flexibility index (Phi) is 6.60. The van der Waals surface area contributed by atoms with Crippen LogP contribution in [0.3, 0.4) is 0 Å². The van der Waals surface area contributed by atoms with E-state index in [2.05, 4.69) is 37.2 Å². The van der Waals surface area contributed by atoms with Crippen molar-refractivity contribution in [1.29, 1.82) is 0 Å². The van der Waals surface area contributed by atoms with Gasteiger partial charge in [0.25, 0.3) is 5.91 Å². The van der Waals surface area contributed by atoms with Crippen LogP contribution in [0.15, 0.2) is 62.1 Å². The number of aromatic hydroxyl groups is 1. The number of phenolic OH excluding ortho intramolecular Hbond substituents is 1. The number of amides is 1. The molecule has 9 heteroatoms. The molecule has 3 aromatic rings. The van der Waals surface area contributed by atoms with E-state index in [4.69, 9.17) is 14.3 Å². The molecule has 7 nitrogen and oxygen atoms in total. The Bertz CT molecular complexity index is 1030. The highest BCUT2D eigenvalue weighted by molar-refractivity contribution is 9.11. The third-order valence-corrected chi connectivity index (χ3v) is 5.03. The van der Waals surface area contributed by atoms with E-state index in [0.29, 0.717) is 31.8 Å². The van der Waals surface area contributed by atoms with Crippen molar-refractivity contribution in [3.8, 4) is 17.2 Å². The van der Waals surface area contributed by atoms with E-state index < -0.39 is 11.9 Å². The minimum atomic E-state index is -0.943. The summed E-state index contributed by atoms with van der Waals surface area (Å²) in [7, 11) is 0. The van der Waals surface area contributed by atoms with Crippen molar-refractivity contribution in [3.05, 3.63) is 74.6 Å². The van der Waals surface area contributed by atoms with Gasteiger partial charge in [-0.15, -0.1) is 0 Å². The fourth-order valence-electron chi connectivity index (χ4n) is 2.54. The number of ether oxygens (including phenoxy) is 1. The van der Waals surface area contributed by atoms with E-state index in [1.54, 1.807) is 24.3 Å². The molecule has 0 saturated heterocycles. The zero-order valence-corrected chi connectivity index (χ0v) is 18.0. The number of nitrogens with one attached hydrogen (secondary N) is 1. The molecule has 0 unspecified atom stereocenters. The summed E-state index contributed by atoms with van der Waals surface area (Å²) in [5.74, 6) is -0.311. The molecule has 0 aliphatic carbocycles. The lowest BCUT2D eigenvalue weighted by molar-refractivity contribution is -0.136. The van der Waals surface area contributed by atoms with Crippen LogP contribution < -0.4 is 10.1 Å². The van der Waals surface area contributed by atoms with Gasteiger partial charge in [-0.25, -0.2) is 0 Å². The lowest BCUT2D eigenvalue weighted by Crippen LogP contribution is -2.22. The number of carbonyl (C=O) groups excluding carboxylic acids is 1. The summed E-state index contributed by atoms with van der Waals surface area (Å²) in [6.07, 6.45) is 1.38. The molecule has 1 aromatic heterocycles. The molecule has 2 aromatic carbocycles. The lowest BCUT2D eigenvalue weighted by Gasteiger charge is -2.13. The van der Waals surface area contributed by atoms with E-state index in [9.17, 15) is 14.7 Å². The fourth-order valence-corrected chi connectivity index (χ4v) is 3.98. The third kappa shape index (κ3) is 5.39. The van der Waals surface area contributed by atoms with E-state index in [-0.39, 0.29) is 24.3 Å². The molecule has 0 atom stereocenters. The van der Waals surface area contributed by atoms with Crippen LogP contribution in [0, 0.1) is 0 Å². The molecule has 0 aliphatic rings. The van der Waals surface area contributed by atoms with Crippen molar-refractivity contribution in [2.75, 3.05) is 0 Å². The maximum Gasteiger partial charge on any atom is 0.307 e. The third-order valence-electron chi connectivity index (χ3n) is 3.85. The molecule has 0 radical (unpaired) electrons. The number of carboxylic acids is 1. The zero-order valence-electron chi connectivity index (χ0n) is 14.8. The van der Waals surface area contributed by atoms with E-state index in [0.717, 1.165) is 0 Å². The summed E-state index contributed by atoms with van der Waals surface area (Å²) in [5, 5.41) is 21.6.